The fourth-order valence-corrected chi connectivity index (χ4v) is 3.01. The van der Waals surface area contributed by atoms with Gasteiger partial charge < -0.3 is 4.90 Å². The second-order valence-electron chi connectivity index (χ2n) is 4.64. The molecule has 4 nitrogen and oxygen atoms in total. The Morgan fingerprint density at radius 3 is 2.37 bits per heavy atom. The van der Waals surface area contributed by atoms with Gasteiger partial charge in [0, 0.05) is 18.8 Å². The lowest BCUT2D eigenvalue weighted by atomic mass is 10.2. The fraction of sp³-hybridized carbons (Fsp3) is 0.286. The van der Waals surface area contributed by atoms with Crippen molar-refractivity contribution >= 4 is 34.7 Å². The van der Waals surface area contributed by atoms with Crippen molar-refractivity contribution in [1.29, 1.82) is 0 Å². The highest BCUT2D eigenvalue weighted by molar-refractivity contribution is 8.18. The van der Waals surface area contributed by atoms with Crippen LogP contribution in [0.1, 0.15) is 18.4 Å². The van der Waals surface area contributed by atoms with E-state index in [1.165, 1.54) is 18.5 Å². The van der Waals surface area contributed by atoms with Crippen LogP contribution < -0.4 is 10.2 Å². The summed E-state index contributed by atoms with van der Waals surface area (Å²) < 4.78 is 0. The van der Waals surface area contributed by atoms with Crippen molar-refractivity contribution in [2.24, 2.45) is 0 Å². The number of nitrogens with zero attached hydrogens (tertiary/aromatic N) is 1. The Kier molecular flexibility index (Phi) is 3.29. The van der Waals surface area contributed by atoms with Crippen LogP contribution >= 0.6 is 11.8 Å². The molecule has 1 N–H and O–H groups in total. The quantitative estimate of drug-likeness (QED) is 0.842. The Labute approximate surface area is 115 Å². The average molecular weight is 274 g/mol. The number of imide groups is 1. The first-order valence-electron chi connectivity index (χ1n) is 6.32. The van der Waals surface area contributed by atoms with E-state index in [9.17, 15) is 9.59 Å². The lowest BCUT2D eigenvalue weighted by Gasteiger charge is -2.17. The van der Waals surface area contributed by atoms with Crippen LogP contribution in [0.15, 0.2) is 29.2 Å². The number of carbonyl (C=O) groups is 2. The van der Waals surface area contributed by atoms with Gasteiger partial charge in [0.2, 0.25) is 0 Å². The molecule has 2 aliphatic rings. The predicted molar refractivity (Wildman–Crippen MR) is 77.0 cm³/mol. The summed E-state index contributed by atoms with van der Waals surface area (Å²) in [5.74, 6) is -0.307. The summed E-state index contributed by atoms with van der Waals surface area (Å²) in [5.41, 5.74) is 2.16. The highest BCUT2D eigenvalue weighted by Crippen LogP contribution is 2.26. The van der Waals surface area contributed by atoms with Crippen molar-refractivity contribution in [2.75, 3.05) is 18.0 Å². The maximum atomic E-state index is 11.4. The van der Waals surface area contributed by atoms with Gasteiger partial charge in [-0.2, -0.15) is 0 Å². The molecule has 2 fully saturated rings. The first-order chi connectivity index (χ1) is 9.22. The van der Waals surface area contributed by atoms with Gasteiger partial charge >= 0.3 is 0 Å². The predicted octanol–water partition coefficient (Wildman–Crippen LogP) is 2.61. The third-order valence-electron chi connectivity index (χ3n) is 3.30. The summed E-state index contributed by atoms with van der Waals surface area (Å²) in [5, 5.41) is 1.95. The third kappa shape index (κ3) is 2.66. The summed E-state index contributed by atoms with van der Waals surface area (Å²) in [6, 6.07) is 8.10. The summed E-state index contributed by atoms with van der Waals surface area (Å²) in [7, 11) is 0. The Morgan fingerprint density at radius 2 is 1.79 bits per heavy atom. The Balaban J connectivity index is 1.77. The molecule has 0 saturated carbocycles. The van der Waals surface area contributed by atoms with Crippen LogP contribution in [0, 0.1) is 0 Å². The second-order valence-corrected chi connectivity index (χ2v) is 5.65. The van der Waals surface area contributed by atoms with Gasteiger partial charge in [-0.05, 0) is 48.4 Å². The smallest absolute Gasteiger partial charge is 0.290 e. The van der Waals surface area contributed by atoms with Gasteiger partial charge in [-0.1, -0.05) is 12.1 Å². The molecule has 1 aromatic carbocycles. The van der Waals surface area contributed by atoms with Crippen LogP contribution in [-0.2, 0) is 4.79 Å². The first kappa shape index (κ1) is 12.3. The summed E-state index contributed by atoms with van der Waals surface area (Å²) in [6.45, 7) is 2.24. The van der Waals surface area contributed by atoms with E-state index in [1.807, 2.05) is 12.1 Å². The van der Waals surface area contributed by atoms with Gasteiger partial charge in [0.05, 0.1) is 4.91 Å². The fourth-order valence-electron chi connectivity index (χ4n) is 2.33. The Morgan fingerprint density at radius 1 is 1.11 bits per heavy atom. The maximum Gasteiger partial charge on any atom is 0.290 e. The zero-order chi connectivity index (χ0) is 13.2. The van der Waals surface area contributed by atoms with Crippen molar-refractivity contribution in [1.82, 2.24) is 5.32 Å². The van der Waals surface area contributed by atoms with E-state index in [4.69, 9.17) is 0 Å². The van der Waals surface area contributed by atoms with Crippen molar-refractivity contribution in [3.05, 3.63) is 34.7 Å². The van der Waals surface area contributed by atoms with E-state index in [0.29, 0.717) is 4.91 Å². The molecule has 2 aliphatic heterocycles. The number of carbonyl (C=O) groups excluding carboxylic acids is 2. The second kappa shape index (κ2) is 5.09. The first-order valence-corrected chi connectivity index (χ1v) is 7.14. The summed E-state index contributed by atoms with van der Waals surface area (Å²) in [4.78, 5) is 25.3. The number of rotatable bonds is 2. The maximum absolute atomic E-state index is 11.4. The molecular weight excluding hydrogens is 260 g/mol. The largest absolute Gasteiger partial charge is 0.372 e. The highest BCUT2D eigenvalue weighted by Gasteiger charge is 2.24. The van der Waals surface area contributed by atoms with Crippen LogP contribution in [0.25, 0.3) is 6.08 Å². The molecule has 0 bridgehead atoms. The molecule has 0 spiro atoms. The standard InChI is InChI=1S/C14H14N2O2S/c17-13-12(19-14(18)15-13)9-10-3-5-11(6-4-10)16-7-1-2-8-16/h3-6,9H,1-2,7-8H2,(H,15,17,18)/b12-9+. The van der Waals surface area contributed by atoms with Crippen molar-refractivity contribution < 1.29 is 9.59 Å². The molecule has 0 radical (unpaired) electrons. The average Bonchev–Trinajstić information content (AvgIpc) is 3.01. The molecule has 0 unspecified atom stereocenters. The van der Waals surface area contributed by atoms with E-state index in [1.54, 1.807) is 6.08 Å². The van der Waals surface area contributed by atoms with Gasteiger partial charge in [0.15, 0.2) is 0 Å². The molecule has 2 amide bonds. The number of anilines is 1. The van der Waals surface area contributed by atoms with E-state index in [0.717, 1.165) is 30.4 Å². The topological polar surface area (TPSA) is 49.4 Å². The van der Waals surface area contributed by atoms with Crippen molar-refractivity contribution in [3.63, 3.8) is 0 Å². The molecule has 2 heterocycles. The third-order valence-corrected chi connectivity index (χ3v) is 4.11. The van der Waals surface area contributed by atoms with E-state index < -0.39 is 0 Å². The van der Waals surface area contributed by atoms with Gasteiger partial charge in [0.25, 0.3) is 11.1 Å². The Hall–Kier alpha value is -1.75. The SMILES string of the molecule is O=C1NC(=O)/C(=C\c2ccc(N3CCCC3)cc2)S1. The van der Waals surface area contributed by atoms with Gasteiger partial charge in [-0.25, -0.2) is 0 Å². The van der Waals surface area contributed by atoms with E-state index >= 15 is 0 Å². The number of amides is 2. The number of hydrogen-bond acceptors (Lipinski definition) is 4. The zero-order valence-corrected chi connectivity index (χ0v) is 11.2. The minimum absolute atomic E-state index is 0.301. The van der Waals surface area contributed by atoms with Crippen LogP contribution in [-0.4, -0.2) is 24.2 Å². The van der Waals surface area contributed by atoms with Gasteiger partial charge in [0.1, 0.15) is 0 Å². The lowest BCUT2D eigenvalue weighted by molar-refractivity contribution is -0.115. The minimum Gasteiger partial charge on any atom is -0.372 e. The number of hydrogen-bond donors (Lipinski definition) is 1. The molecule has 19 heavy (non-hydrogen) atoms. The minimum atomic E-state index is -0.307. The number of thioether (sulfide) groups is 1. The molecule has 2 saturated heterocycles. The number of nitrogens with one attached hydrogen (secondary N) is 1. The molecule has 98 valence electrons. The van der Waals surface area contributed by atoms with Crippen LogP contribution in [0.4, 0.5) is 10.5 Å². The van der Waals surface area contributed by atoms with Gasteiger partial charge in [-0.3, -0.25) is 14.9 Å². The van der Waals surface area contributed by atoms with E-state index in [-0.39, 0.29) is 11.1 Å². The molecule has 0 aromatic heterocycles. The number of benzene rings is 1. The van der Waals surface area contributed by atoms with Crippen LogP contribution in [0.3, 0.4) is 0 Å². The molecule has 0 aliphatic carbocycles. The van der Waals surface area contributed by atoms with Crippen LogP contribution in [0.5, 0.6) is 0 Å². The summed E-state index contributed by atoms with van der Waals surface area (Å²) >= 11 is 0.949. The monoisotopic (exact) mass is 274 g/mol. The van der Waals surface area contributed by atoms with Crippen molar-refractivity contribution in [3.8, 4) is 0 Å². The summed E-state index contributed by atoms with van der Waals surface area (Å²) in [6.07, 6.45) is 4.26. The van der Waals surface area contributed by atoms with Crippen LogP contribution in [0.2, 0.25) is 0 Å². The molecule has 5 heteroatoms. The molecule has 0 atom stereocenters. The normalized spacial score (nSPS) is 21.3. The highest BCUT2D eigenvalue weighted by atomic mass is 32.2. The van der Waals surface area contributed by atoms with Crippen molar-refractivity contribution in [2.45, 2.75) is 12.8 Å². The molecular formula is C14H14N2O2S. The molecule has 3 rings (SSSR count). The zero-order valence-electron chi connectivity index (χ0n) is 10.4. The van der Waals surface area contributed by atoms with Gasteiger partial charge in [-0.15, -0.1) is 0 Å². The lowest BCUT2D eigenvalue weighted by Crippen LogP contribution is -2.18. The Bertz CT molecular complexity index is 545. The molecule has 1 aromatic rings. The van der Waals surface area contributed by atoms with E-state index in [2.05, 4.69) is 22.3 Å².